The van der Waals surface area contributed by atoms with Crippen LogP contribution in [0.3, 0.4) is 0 Å². The van der Waals surface area contributed by atoms with Crippen LogP contribution in [0.4, 0.5) is 18.9 Å². The molecule has 0 radical (unpaired) electrons. The Morgan fingerprint density at radius 3 is 2.48 bits per heavy atom. The van der Waals surface area contributed by atoms with Crippen LogP contribution in [0, 0.1) is 24.2 Å². The van der Waals surface area contributed by atoms with Crippen molar-refractivity contribution in [2.75, 3.05) is 44.6 Å². The number of halogens is 3. The van der Waals surface area contributed by atoms with E-state index in [1.54, 1.807) is 30.0 Å². The molecule has 0 saturated carbocycles. The molecule has 0 aliphatic carbocycles. The standard InChI is InChI=1S/C29H32F3N9O3/c1-17-14-19(2-3-21(17)28(44)41-12-10-40(11-13-41)27(43)18-5-8-34-9-6-18)37-26(42)25-35-16-20(36-25)15-22-23(4-7-33)38-39-24(22)29(30,31)32/h2-3,14,16,18,34H,4-6,8-13,15H2,1H3,(H,35,36)(H,37,42)(H,38,39). The average Bonchev–Trinajstić information content (AvgIpc) is 3.65. The molecule has 0 unspecified atom stereocenters. The fraction of sp³-hybridized carbons (Fsp3) is 0.448. The van der Waals surface area contributed by atoms with Gasteiger partial charge in [0.05, 0.1) is 18.2 Å². The zero-order valence-corrected chi connectivity index (χ0v) is 24.1. The average molecular weight is 612 g/mol. The topological polar surface area (TPSA) is 163 Å². The maximum Gasteiger partial charge on any atom is 0.435 e. The van der Waals surface area contributed by atoms with Crippen molar-refractivity contribution in [1.82, 2.24) is 35.3 Å². The number of hydrogen-bond acceptors (Lipinski definition) is 7. The Kier molecular flexibility index (Phi) is 9.00. The Balaban J connectivity index is 1.19. The van der Waals surface area contributed by atoms with Gasteiger partial charge in [-0.25, -0.2) is 4.98 Å². The molecule has 3 amide bonds. The smallest absolute Gasteiger partial charge is 0.339 e. The van der Waals surface area contributed by atoms with Crippen molar-refractivity contribution in [3.8, 4) is 6.07 Å². The largest absolute Gasteiger partial charge is 0.435 e. The number of imidazole rings is 1. The van der Waals surface area contributed by atoms with E-state index in [0.717, 1.165) is 25.9 Å². The van der Waals surface area contributed by atoms with Crippen LogP contribution < -0.4 is 10.6 Å². The highest BCUT2D eigenvalue weighted by Gasteiger charge is 2.38. The lowest BCUT2D eigenvalue weighted by molar-refractivity contribution is -0.141. The number of aryl methyl sites for hydroxylation is 1. The number of nitrogens with zero attached hydrogens (tertiary/aromatic N) is 5. The van der Waals surface area contributed by atoms with Crippen molar-refractivity contribution in [1.29, 1.82) is 5.26 Å². The summed E-state index contributed by atoms with van der Waals surface area (Å²) in [4.78, 5) is 49.2. The van der Waals surface area contributed by atoms with Crippen LogP contribution in [0.2, 0.25) is 0 Å². The second kappa shape index (κ2) is 12.9. The molecule has 1 aromatic carbocycles. The van der Waals surface area contributed by atoms with Gasteiger partial charge in [-0.2, -0.15) is 23.5 Å². The molecule has 2 aromatic heterocycles. The number of aromatic nitrogens is 4. The molecule has 12 nitrogen and oxygen atoms in total. The summed E-state index contributed by atoms with van der Waals surface area (Å²) in [5, 5.41) is 20.5. The van der Waals surface area contributed by atoms with Gasteiger partial charge in [0.25, 0.3) is 11.8 Å². The predicted molar refractivity (Wildman–Crippen MR) is 152 cm³/mol. The maximum atomic E-state index is 13.4. The van der Waals surface area contributed by atoms with E-state index in [4.69, 9.17) is 5.26 Å². The monoisotopic (exact) mass is 611 g/mol. The van der Waals surface area contributed by atoms with Crippen molar-refractivity contribution < 1.29 is 27.6 Å². The molecule has 0 bridgehead atoms. The van der Waals surface area contributed by atoms with E-state index in [1.807, 2.05) is 11.0 Å². The van der Waals surface area contributed by atoms with Crippen molar-refractivity contribution >= 4 is 23.4 Å². The number of piperazine rings is 1. The van der Waals surface area contributed by atoms with Crippen molar-refractivity contribution in [3.63, 3.8) is 0 Å². The summed E-state index contributed by atoms with van der Waals surface area (Å²) in [6.07, 6.45) is -2.35. The Labute approximate surface area is 251 Å². The molecule has 232 valence electrons. The number of alkyl halides is 3. The maximum absolute atomic E-state index is 13.4. The van der Waals surface area contributed by atoms with Crippen LogP contribution in [-0.4, -0.2) is 87.0 Å². The third kappa shape index (κ3) is 6.75. The molecule has 0 spiro atoms. The number of rotatable bonds is 7. The van der Waals surface area contributed by atoms with Gasteiger partial charge in [-0.05, 0) is 56.6 Å². The first-order valence-corrected chi connectivity index (χ1v) is 14.3. The summed E-state index contributed by atoms with van der Waals surface area (Å²) in [6.45, 7) is 5.31. The summed E-state index contributed by atoms with van der Waals surface area (Å²) >= 11 is 0. The van der Waals surface area contributed by atoms with E-state index < -0.39 is 17.8 Å². The first-order chi connectivity index (χ1) is 21.0. The first-order valence-electron chi connectivity index (χ1n) is 14.3. The lowest BCUT2D eigenvalue weighted by Gasteiger charge is -2.37. The van der Waals surface area contributed by atoms with Gasteiger partial charge < -0.3 is 25.4 Å². The van der Waals surface area contributed by atoms with Gasteiger partial charge in [-0.3, -0.25) is 19.5 Å². The van der Waals surface area contributed by atoms with Gasteiger partial charge in [0, 0.05) is 67.2 Å². The van der Waals surface area contributed by atoms with Crippen molar-refractivity contribution in [2.45, 2.75) is 38.8 Å². The fourth-order valence-electron chi connectivity index (χ4n) is 5.61. The van der Waals surface area contributed by atoms with Crippen molar-refractivity contribution in [2.24, 2.45) is 5.92 Å². The first kappa shape index (κ1) is 30.7. The second-order valence-corrected chi connectivity index (χ2v) is 10.9. The minimum atomic E-state index is -4.72. The molecule has 2 saturated heterocycles. The number of carbonyl (C=O) groups excluding carboxylic acids is 3. The van der Waals surface area contributed by atoms with E-state index in [2.05, 4.69) is 30.8 Å². The highest BCUT2D eigenvalue weighted by molar-refractivity contribution is 6.02. The SMILES string of the molecule is Cc1cc(NC(=O)c2ncc(Cc3c(C(F)(F)F)n[nH]c3CC#N)[nH]2)ccc1C(=O)N1CCN(C(=O)C2CCNCC2)CC1. The number of carbonyl (C=O) groups is 3. The molecule has 2 aliphatic heterocycles. The number of H-pyrrole nitrogens is 2. The van der Waals surface area contributed by atoms with Crippen molar-refractivity contribution in [3.05, 3.63) is 64.0 Å². The zero-order chi connectivity index (χ0) is 31.4. The summed E-state index contributed by atoms with van der Waals surface area (Å²) in [7, 11) is 0. The number of nitriles is 1. The van der Waals surface area contributed by atoms with Gasteiger partial charge in [0.15, 0.2) is 11.5 Å². The van der Waals surface area contributed by atoms with Gasteiger partial charge in [0.1, 0.15) is 0 Å². The van der Waals surface area contributed by atoms with Gasteiger partial charge in [0.2, 0.25) is 5.91 Å². The Hall–Kier alpha value is -4.71. The third-order valence-corrected chi connectivity index (χ3v) is 7.97. The van der Waals surface area contributed by atoms with Gasteiger partial charge in [-0.1, -0.05) is 0 Å². The Bertz CT molecular complexity index is 1580. The van der Waals surface area contributed by atoms with Crippen LogP contribution in [0.15, 0.2) is 24.4 Å². The number of hydrogen-bond donors (Lipinski definition) is 4. The molecule has 3 aromatic rings. The molecule has 2 aliphatic rings. The van der Waals surface area contributed by atoms with E-state index >= 15 is 0 Å². The quantitative estimate of drug-likeness (QED) is 0.319. The minimum absolute atomic E-state index is 0.0391. The summed E-state index contributed by atoms with van der Waals surface area (Å²) in [5.74, 6) is -0.691. The lowest BCUT2D eigenvalue weighted by atomic mass is 9.96. The summed E-state index contributed by atoms with van der Waals surface area (Å²) in [5.41, 5.74) is 0.487. The molecule has 0 atom stereocenters. The Morgan fingerprint density at radius 1 is 1.11 bits per heavy atom. The highest BCUT2D eigenvalue weighted by atomic mass is 19.4. The molecule has 15 heteroatoms. The number of benzene rings is 1. The lowest BCUT2D eigenvalue weighted by Crippen LogP contribution is -2.52. The number of piperidine rings is 1. The van der Waals surface area contributed by atoms with Crippen LogP contribution in [0.5, 0.6) is 0 Å². The molecule has 44 heavy (non-hydrogen) atoms. The number of amides is 3. The predicted octanol–water partition coefficient (Wildman–Crippen LogP) is 2.65. The number of aromatic amines is 2. The Morgan fingerprint density at radius 2 is 1.82 bits per heavy atom. The van der Waals surface area contributed by atoms with Crippen LogP contribution in [0.1, 0.15) is 62.0 Å². The van der Waals surface area contributed by atoms with E-state index in [9.17, 15) is 27.6 Å². The molecule has 4 N–H and O–H groups in total. The summed E-state index contributed by atoms with van der Waals surface area (Å²) in [6, 6.07) is 6.68. The zero-order valence-electron chi connectivity index (χ0n) is 24.1. The van der Waals surface area contributed by atoms with Crippen LogP contribution in [0.25, 0.3) is 0 Å². The molecular weight excluding hydrogens is 579 g/mol. The van der Waals surface area contributed by atoms with Crippen LogP contribution >= 0.6 is 0 Å². The third-order valence-electron chi connectivity index (χ3n) is 7.97. The van der Waals surface area contributed by atoms with Crippen LogP contribution in [-0.2, 0) is 23.8 Å². The number of nitrogens with one attached hydrogen (secondary N) is 4. The molecule has 5 rings (SSSR count). The summed E-state index contributed by atoms with van der Waals surface area (Å²) < 4.78 is 40.2. The second-order valence-electron chi connectivity index (χ2n) is 10.9. The highest BCUT2D eigenvalue weighted by Crippen LogP contribution is 2.33. The molecule has 2 fully saturated rings. The van der Waals surface area contributed by atoms with E-state index in [1.165, 1.54) is 6.20 Å². The molecular formula is C29H32F3N9O3. The van der Waals surface area contributed by atoms with Gasteiger partial charge in [-0.15, -0.1) is 0 Å². The number of anilines is 1. The van der Waals surface area contributed by atoms with E-state index in [-0.39, 0.29) is 53.3 Å². The van der Waals surface area contributed by atoms with Gasteiger partial charge >= 0.3 is 6.18 Å². The van der Waals surface area contributed by atoms with E-state index in [0.29, 0.717) is 43.0 Å². The minimum Gasteiger partial charge on any atom is -0.339 e. The molecule has 4 heterocycles. The normalized spacial score (nSPS) is 16.1. The fourth-order valence-corrected chi connectivity index (χ4v) is 5.61.